The van der Waals surface area contributed by atoms with Crippen molar-refractivity contribution in [2.45, 2.75) is 32.6 Å². The molecule has 0 aromatic heterocycles. The van der Waals surface area contributed by atoms with Gasteiger partial charge in [0.25, 0.3) is 0 Å². The fourth-order valence-electron chi connectivity index (χ4n) is 0.712. The Hall–Kier alpha value is 0.170. The first-order chi connectivity index (χ1) is 5.81. The zero-order valence-electron chi connectivity index (χ0n) is 7.67. The van der Waals surface area contributed by atoms with Crippen molar-refractivity contribution in [3.05, 3.63) is 0 Å². The minimum Gasteiger partial charge on any atom is -0.460 e. The lowest BCUT2D eigenvalue weighted by Gasteiger charge is -1.98. The number of carbonyl (C=O) groups is 1. The van der Waals surface area contributed by atoms with Crippen LogP contribution in [0.2, 0.25) is 0 Å². The normalized spacial score (nSPS) is 9.83. The quantitative estimate of drug-likeness (QED) is 0.377. The number of hydrogen-bond donors (Lipinski definition) is 0. The van der Waals surface area contributed by atoms with Crippen LogP contribution in [0, 0.1) is 0 Å². The van der Waals surface area contributed by atoms with Crippen molar-refractivity contribution in [3.8, 4) is 0 Å². The predicted molar refractivity (Wildman–Crippen MR) is 56.6 cm³/mol. The summed E-state index contributed by atoms with van der Waals surface area (Å²) >= 11 is 0. The van der Waals surface area contributed by atoms with E-state index in [9.17, 15) is 4.79 Å². The third kappa shape index (κ3) is 8.27. The average Bonchev–Trinajstić information content (AvgIpc) is 2.10. The van der Waals surface area contributed by atoms with Crippen LogP contribution in [0.25, 0.3) is 0 Å². The molecule has 0 aliphatic heterocycles. The highest BCUT2D eigenvalue weighted by Gasteiger charge is 1.99. The van der Waals surface area contributed by atoms with Gasteiger partial charge in [0, 0.05) is 16.5 Å². The van der Waals surface area contributed by atoms with E-state index in [2.05, 4.69) is 11.7 Å². The van der Waals surface area contributed by atoms with Crippen LogP contribution >= 0.6 is 21.6 Å². The Labute approximate surface area is 82.2 Å². The highest BCUT2D eigenvalue weighted by atomic mass is 33.1. The Kier molecular flexibility index (Phi) is 9.39. The summed E-state index contributed by atoms with van der Waals surface area (Å²) in [7, 11) is 4.18. The highest BCUT2D eigenvalue weighted by molar-refractivity contribution is 8.82. The standard InChI is InChI=1S/C8H16O2S2/c1-3-4-5-6-7-11-12-8(9)10-2/h3-7H2,1-2H3. The lowest BCUT2D eigenvalue weighted by Crippen LogP contribution is -1.87. The maximum atomic E-state index is 10.6. The Balaban J connectivity index is 2.95. The van der Waals surface area contributed by atoms with E-state index in [1.165, 1.54) is 43.6 Å². The van der Waals surface area contributed by atoms with Crippen LogP contribution in [0.1, 0.15) is 32.6 Å². The molecule has 0 rings (SSSR count). The maximum Gasteiger partial charge on any atom is 0.377 e. The number of unbranched alkanes of at least 4 members (excludes halogenated alkanes) is 3. The molecule has 0 aliphatic carbocycles. The van der Waals surface area contributed by atoms with E-state index >= 15 is 0 Å². The van der Waals surface area contributed by atoms with Crippen LogP contribution in [0.15, 0.2) is 0 Å². The minimum atomic E-state index is -0.199. The molecule has 0 aromatic carbocycles. The van der Waals surface area contributed by atoms with E-state index in [1.54, 1.807) is 10.8 Å². The molecule has 0 amide bonds. The number of hydrogen-bond acceptors (Lipinski definition) is 4. The molecule has 0 aromatic rings. The average molecular weight is 208 g/mol. The van der Waals surface area contributed by atoms with E-state index in [0.29, 0.717) is 0 Å². The van der Waals surface area contributed by atoms with E-state index < -0.39 is 0 Å². The summed E-state index contributed by atoms with van der Waals surface area (Å²) < 4.78 is 4.48. The van der Waals surface area contributed by atoms with Crippen LogP contribution in [-0.2, 0) is 4.74 Å². The van der Waals surface area contributed by atoms with Gasteiger partial charge in [0.2, 0.25) is 0 Å². The van der Waals surface area contributed by atoms with Gasteiger partial charge >= 0.3 is 5.30 Å². The summed E-state index contributed by atoms with van der Waals surface area (Å²) in [4.78, 5) is 10.6. The van der Waals surface area contributed by atoms with E-state index in [0.717, 1.165) is 5.75 Å². The molecule has 72 valence electrons. The molecular weight excluding hydrogens is 192 g/mol. The molecule has 0 bridgehead atoms. The molecule has 0 atom stereocenters. The molecule has 0 spiro atoms. The number of rotatable bonds is 6. The minimum absolute atomic E-state index is 0.199. The van der Waals surface area contributed by atoms with Gasteiger partial charge in [-0.3, -0.25) is 0 Å². The molecule has 12 heavy (non-hydrogen) atoms. The van der Waals surface area contributed by atoms with Crippen molar-refractivity contribution in [1.29, 1.82) is 0 Å². The van der Waals surface area contributed by atoms with E-state index in [4.69, 9.17) is 0 Å². The zero-order chi connectivity index (χ0) is 9.23. The summed E-state index contributed by atoms with van der Waals surface area (Å²) in [5, 5.41) is -0.199. The molecular formula is C8H16O2S2. The van der Waals surface area contributed by atoms with Crippen molar-refractivity contribution in [1.82, 2.24) is 0 Å². The molecule has 0 heterocycles. The van der Waals surface area contributed by atoms with Gasteiger partial charge in [0.15, 0.2) is 0 Å². The van der Waals surface area contributed by atoms with Gasteiger partial charge in [0.1, 0.15) is 0 Å². The van der Waals surface area contributed by atoms with E-state index in [1.807, 2.05) is 0 Å². The van der Waals surface area contributed by atoms with Gasteiger partial charge in [0.05, 0.1) is 7.11 Å². The number of methoxy groups -OCH3 is 1. The molecule has 0 fully saturated rings. The maximum absolute atomic E-state index is 10.6. The second-order valence-corrected chi connectivity index (χ2v) is 4.77. The SMILES string of the molecule is CCCCCCSSC(=O)OC. The highest BCUT2D eigenvalue weighted by Crippen LogP contribution is 2.24. The fourth-order valence-corrected chi connectivity index (χ4v) is 2.38. The first kappa shape index (κ1) is 12.2. The Bertz CT molecular complexity index is 118. The van der Waals surface area contributed by atoms with Gasteiger partial charge in [-0.15, -0.1) is 0 Å². The summed E-state index contributed by atoms with van der Waals surface area (Å²) in [6.45, 7) is 2.19. The Morgan fingerprint density at radius 1 is 1.33 bits per heavy atom. The predicted octanol–water partition coefficient (Wildman–Crippen LogP) is 3.71. The van der Waals surface area contributed by atoms with Crippen molar-refractivity contribution in [2.75, 3.05) is 12.9 Å². The topological polar surface area (TPSA) is 26.3 Å². The molecule has 0 saturated carbocycles. The van der Waals surface area contributed by atoms with Gasteiger partial charge in [-0.05, 0) is 6.42 Å². The van der Waals surface area contributed by atoms with E-state index in [-0.39, 0.29) is 5.30 Å². The largest absolute Gasteiger partial charge is 0.460 e. The summed E-state index contributed by atoms with van der Waals surface area (Å²) in [5.41, 5.74) is 0. The molecule has 2 nitrogen and oxygen atoms in total. The van der Waals surface area contributed by atoms with Gasteiger partial charge in [-0.2, -0.15) is 0 Å². The Morgan fingerprint density at radius 2 is 2.08 bits per heavy atom. The van der Waals surface area contributed by atoms with Crippen LogP contribution in [0.4, 0.5) is 4.79 Å². The van der Waals surface area contributed by atoms with Crippen molar-refractivity contribution in [2.24, 2.45) is 0 Å². The number of carbonyl (C=O) groups excluding carboxylic acids is 1. The molecule has 0 aliphatic rings. The lowest BCUT2D eigenvalue weighted by molar-refractivity contribution is 0.200. The smallest absolute Gasteiger partial charge is 0.377 e. The number of ether oxygens (including phenoxy) is 1. The molecule has 0 radical (unpaired) electrons. The third-order valence-electron chi connectivity index (χ3n) is 1.37. The van der Waals surface area contributed by atoms with Crippen molar-refractivity contribution < 1.29 is 9.53 Å². The van der Waals surface area contributed by atoms with Crippen LogP contribution in [-0.4, -0.2) is 18.2 Å². The first-order valence-electron chi connectivity index (χ1n) is 4.18. The fraction of sp³-hybridized carbons (Fsp3) is 0.875. The van der Waals surface area contributed by atoms with Crippen molar-refractivity contribution >= 4 is 26.9 Å². The second kappa shape index (κ2) is 9.26. The summed E-state index contributed by atoms with van der Waals surface area (Å²) in [6.07, 6.45) is 5.02. The van der Waals surface area contributed by atoms with Crippen LogP contribution < -0.4 is 0 Å². The molecule has 0 saturated heterocycles. The molecule has 0 unspecified atom stereocenters. The zero-order valence-corrected chi connectivity index (χ0v) is 9.30. The third-order valence-corrected chi connectivity index (χ3v) is 3.51. The van der Waals surface area contributed by atoms with Crippen LogP contribution in [0.3, 0.4) is 0 Å². The molecule has 4 heteroatoms. The van der Waals surface area contributed by atoms with Gasteiger partial charge in [-0.1, -0.05) is 37.0 Å². The summed E-state index contributed by atoms with van der Waals surface area (Å²) in [6, 6.07) is 0. The lowest BCUT2D eigenvalue weighted by atomic mass is 10.2. The van der Waals surface area contributed by atoms with Gasteiger partial charge in [-0.25, -0.2) is 4.79 Å². The first-order valence-corrected chi connectivity index (χ1v) is 6.50. The molecule has 0 N–H and O–H groups in total. The second-order valence-electron chi connectivity index (χ2n) is 2.42. The van der Waals surface area contributed by atoms with Gasteiger partial charge < -0.3 is 4.74 Å². The summed E-state index contributed by atoms with van der Waals surface area (Å²) in [5.74, 6) is 1.04. The monoisotopic (exact) mass is 208 g/mol. The van der Waals surface area contributed by atoms with Crippen molar-refractivity contribution in [3.63, 3.8) is 0 Å². The Morgan fingerprint density at radius 3 is 2.67 bits per heavy atom. The van der Waals surface area contributed by atoms with Crippen LogP contribution in [0.5, 0.6) is 0 Å².